The van der Waals surface area contributed by atoms with Crippen molar-refractivity contribution in [3.63, 3.8) is 0 Å². The van der Waals surface area contributed by atoms with E-state index in [0.717, 1.165) is 11.1 Å². The SMILES string of the molecule is COc1nc(F)c2[nH]c(=O)c3sccc3c2c1-c1ccc(C(C)CN)cc1. The molecule has 3 aromatic heterocycles. The number of nitrogens with two attached hydrogens (primary N) is 1. The Morgan fingerprint density at radius 2 is 2.04 bits per heavy atom. The second kappa shape index (κ2) is 6.75. The predicted octanol–water partition coefficient (Wildman–Crippen LogP) is 4.01. The summed E-state index contributed by atoms with van der Waals surface area (Å²) in [7, 11) is 1.46. The average molecular weight is 383 g/mol. The highest BCUT2D eigenvalue weighted by atomic mass is 32.1. The molecule has 0 spiro atoms. The van der Waals surface area contributed by atoms with E-state index in [9.17, 15) is 9.18 Å². The van der Waals surface area contributed by atoms with Crippen molar-refractivity contribution < 1.29 is 9.13 Å². The van der Waals surface area contributed by atoms with Crippen LogP contribution in [0.1, 0.15) is 18.4 Å². The van der Waals surface area contributed by atoms with Crippen molar-refractivity contribution in [3.05, 3.63) is 57.6 Å². The van der Waals surface area contributed by atoms with E-state index in [1.165, 1.54) is 18.4 Å². The first-order valence-electron chi connectivity index (χ1n) is 8.52. The summed E-state index contributed by atoms with van der Waals surface area (Å²) in [6, 6.07) is 9.71. The van der Waals surface area contributed by atoms with Gasteiger partial charge in [0.05, 0.1) is 12.7 Å². The van der Waals surface area contributed by atoms with E-state index in [2.05, 4.69) is 16.9 Å². The van der Waals surface area contributed by atoms with Gasteiger partial charge in [0.1, 0.15) is 10.2 Å². The van der Waals surface area contributed by atoms with Gasteiger partial charge in [-0.25, -0.2) is 0 Å². The molecule has 0 aliphatic carbocycles. The Kier molecular flexibility index (Phi) is 4.41. The van der Waals surface area contributed by atoms with E-state index >= 15 is 0 Å². The Morgan fingerprint density at radius 1 is 1.30 bits per heavy atom. The molecule has 5 nitrogen and oxygen atoms in total. The summed E-state index contributed by atoms with van der Waals surface area (Å²) in [4.78, 5) is 18.8. The smallest absolute Gasteiger partial charge is 0.266 e. The van der Waals surface area contributed by atoms with Crippen LogP contribution in [0.25, 0.3) is 32.1 Å². The molecule has 7 heteroatoms. The first-order chi connectivity index (χ1) is 13.0. The van der Waals surface area contributed by atoms with Crippen molar-refractivity contribution >= 4 is 32.3 Å². The minimum absolute atomic E-state index is 0.0844. The summed E-state index contributed by atoms with van der Waals surface area (Å²) in [6.07, 6.45) is 0. The summed E-state index contributed by atoms with van der Waals surface area (Å²) in [6.45, 7) is 2.62. The lowest BCUT2D eigenvalue weighted by Crippen LogP contribution is -2.09. The topological polar surface area (TPSA) is 81.0 Å². The Labute approximate surface area is 158 Å². The second-order valence-electron chi connectivity index (χ2n) is 6.41. The first kappa shape index (κ1) is 17.6. The number of ether oxygens (including phenoxy) is 1. The number of hydrogen-bond donors (Lipinski definition) is 2. The fourth-order valence-electron chi connectivity index (χ4n) is 3.30. The molecule has 3 heterocycles. The first-order valence-corrected chi connectivity index (χ1v) is 9.40. The maximum atomic E-state index is 14.6. The van der Waals surface area contributed by atoms with Gasteiger partial charge in [0.15, 0.2) is 0 Å². The van der Waals surface area contributed by atoms with Gasteiger partial charge in [-0.1, -0.05) is 31.2 Å². The molecule has 0 aliphatic rings. The van der Waals surface area contributed by atoms with Gasteiger partial charge in [-0.3, -0.25) is 4.79 Å². The van der Waals surface area contributed by atoms with Gasteiger partial charge < -0.3 is 15.5 Å². The number of halogens is 1. The van der Waals surface area contributed by atoms with Crippen LogP contribution in [-0.4, -0.2) is 23.6 Å². The Bertz CT molecular complexity index is 1200. The largest absolute Gasteiger partial charge is 0.480 e. The predicted molar refractivity (Wildman–Crippen MR) is 107 cm³/mol. The number of fused-ring (bicyclic) bond motifs is 3. The zero-order valence-corrected chi connectivity index (χ0v) is 15.7. The number of methoxy groups -OCH3 is 1. The van der Waals surface area contributed by atoms with Gasteiger partial charge >= 0.3 is 0 Å². The highest BCUT2D eigenvalue weighted by molar-refractivity contribution is 7.17. The Balaban J connectivity index is 2.08. The minimum atomic E-state index is -0.760. The lowest BCUT2D eigenvalue weighted by atomic mass is 9.95. The molecular weight excluding hydrogens is 365 g/mol. The number of benzene rings is 1. The van der Waals surface area contributed by atoms with E-state index in [0.29, 0.717) is 27.6 Å². The molecule has 138 valence electrons. The number of aromatic amines is 1. The van der Waals surface area contributed by atoms with E-state index in [1.54, 1.807) is 0 Å². The third-order valence-corrected chi connectivity index (χ3v) is 5.73. The molecule has 4 rings (SSSR count). The van der Waals surface area contributed by atoms with Crippen LogP contribution in [0.2, 0.25) is 0 Å². The quantitative estimate of drug-likeness (QED) is 0.522. The van der Waals surface area contributed by atoms with Gasteiger partial charge in [-0.2, -0.15) is 9.37 Å². The number of nitrogens with one attached hydrogen (secondary N) is 1. The van der Waals surface area contributed by atoms with Gasteiger partial charge in [0.25, 0.3) is 5.56 Å². The molecule has 0 saturated carbocycles. The van der Waals surface area contributed by atoms with Crippen molar-refractivity contribution in [3.8, 4) is 17.0 Å². The molecule has 1 aromatic carbocycles. The van der Waals surface area contributed by atoms with Gasteiger partial charge in [0.2, 0.25) is 11.8 Å². The van der Waals surface area contributed by atoms with Crippen molar-refractivity contribution in [1.29, 1.82) is 0 Å². The maximum absolute atomic E-state index is 14.6. The summed E-state index contributed by atoms with van der Waals surface area (Å²) in [5, 5.41) is 3.10. The maximum Gasteiger partial charge on any atom is 0.266 e. The molecule has 27 heavy (non-hydrogen) atoms. The van der Waals surface area contributed by atoms with Crippen LogP contribution in [0.5, 0.6) is 5.88 Å². The van der Waals surface area contributed by atoms with Gasteiger partial charge in [-0.15, -0.1) is 11.3 Å². The lowest BCUT2D eigenvalue weighted by Gasteiger charge is -2.14. The van der Waals surface area contributed by atoms with Crippen LogP contribution in [0.15, 0.2) is 40.5 Å². The zero-order chi connectivity index (χ0) is 19.1. The normalized spacial score (nSPS) is 12.6. The number of pyridine rings is 2. The van der Waals surface area contributed by atoms with E-state index in [-0.39, 0.29) is 22.9 Å². The second-order valence-corrected chi connectivity index (χ2v) is 7.33. The molecule has 3 N–H and O–H groups in total. The van der Waals surface area contributed by atoms with Crippen LogP contribution in [0.4, 0.5) is 4.39 Å². The van der Waals surface area contributed by atoms with E-state index in [1.807, 2.05) is 35.7 Å². The van der Waals surface area contributed by atoms with Crippen molar-refractivity contribution in [1.82, 2.24) is 9.97 Å². The molecule has 1 unspecified atom stereocenters. The van der Waals surface area contributed by atoms with E-state index in [4.69, 9.17) is 10.5 Å². The number of rotatable bonds is 4. The van der Waals surface area contributed by atoms with Crippen molar-refractivity contribution in [2.75, 3.05) is 13.7 Å². The summed E-state index contributed by atoms with van der Waals surface area (Å²) in [5.74, 6) is -0.340. The molecule has 0 radical (unpaired) electrons. The summed E-state index contributed by atoms with van der Waals surface area (Å²) < 4.78 is 20.5. The van der Waals surface area contributed by atoms with Crippen LogP contribution < -0.4 is 16.0 Å². The van der Waals surface area contributed by atoms with Gasteiger partial charge in [-0.05, 0) is 35.0 Å². The van der Waals surface area contributed by atoms with Gasteiger partial charge in [0, 0.05) is 10.8 Å². The molecule has 0 aliphatic heterocycles. The third-order valence-electron chi connectivity index (χ3n) is 4.81. The molecular formula is C20H18FN3O2S. The van der Waals surface area contributed by atoms with E-state index < -0.39 is 5.95 Å². The van der Waals surface area contributed by atoms with Crippen LogP contribution in [0, 0.1) is 5.95 Å². The average Bonchev–Trinajstić information content (AvgIpc) is 3.18. The highest BCUT2D eigenvalue weighted by Crippen LogP contribution is 2.40. The monoisotopic (exact) mass is 383 g/mol. The number of H-pyrrole nitrogens is 1. The summed E-state index contributed by atoms with van der Waals surface area (Å²) >= 11 is 1.32. The zero-order valence-electron chi connectivity index (χ0n) is 14.9. The minimum Gasteiger partial charge on any atom is -0.480 e. The number of nitrogens with zero attached hydrogens (tertiary/aromatic N) is 1. The molecule has 0 bridgehead atoms. The fourth-order valence-corrected chi connectivity index (χ4v) is 4.10. The Hall–Kier alpha value is -2.77. The lowest BCUT2D eigenvalue weighted by molar-refractivity contribution is 0.391. The Morgan fingerprint density at radius 3 is 2.70 bits per heavy atom. The molecule has 0 amide bonds. The van der Waals surface area contributed by atoms with Crippen LogP contribution in [0.3, 0.4) is 0 Å². The molecule has 4 aromatic rings. The molecule has 0 saturated heterocycles. The number of thiophene rings is 1. The third kappa shape index (κ3) is 2.79. The highest BCUT2D eigenvalue weighted by Gasteiger charge is 2.21. The number of aromatic nitrogens is 2. The van der Waals surface area contributed by atoms with Crippen molar-refractivity contribution in [2.45, 2.75) is 12.8 Å². The molecule has 0 fully saturated rings. The van der Waals surface area contributed by atoms with Crippen LogP contribution in [-0.2, 0) is 0 Å². The van der Waals surface area contributed by atoms with Crippen molar-refractivity contribution in [2.24, 2.45) is 5.73 Å². The number of hydrogen-bond acceptors (Lipinski definition) is 5. The summed E-state index contributed by atoms with van der Waals surface area (Å²) in [5.41, 5.74) is 8.11. The molecule has 1 atom stereocenters. The van der Waals surface area contributed by atoms with Crippen LogP contribution >= 0.6 is 11.3 Å². The fraction of sp³-hybridized carbons (Fsp3) is 0.200. The standard InChI is InChI=1S/C20H18FN3O2S/c1-10(9-22)11-3-5-12(6-4-11)14-15-13-7-8-27-17(13)19(25)23-16(15)18(21)24-20(14)26-2/h3-8,10H,9,22H2,1-2H3,(H,23,25).